The first-order valence-electron chi connectivity index (χ1n) is 7.47. The molecule has 0 saturated carbocycles. The summed E-state index contributed by atoms with van der Waals surface area (Å²) in [4.78, 5) is 14.9. The van der Waals surface area contributed by atoms with Crippen LogP contribution in [0, 0.1) is 11.3 Å². The molecule has 1 aromatic heterocycles. The topological polar surface area (TPSA) is 92.1 Å². The first-order valence-corrected chi connectivity index (χ1v) is 7.47. The molecule has 0 aliphatic heterocycles. The average molecular weight is 336 g/mol. The zero-order chi connectivity index (χ0) is 17.8. The summed E-state index contributed by atoms with van der Waals surface area (Å²) in [5.41, 5.74) is 1.08. The maximum absolute atomic E-state index is 12.3. The molecule has 2 N–H and O–H groups in total. The van der Waals surface area contributed by atoms with Crippen LogP contribution in [-0.2, 0) is 0 Å². The van der Waals surface area contributed by atoms with E-state index in [1.165, 1.54) is 4.57 Å². The van der Waals surface area contributed by atoms with Crippen molar-refractivity contribution < 1.29 is 9.47 Å². The minimum absolute atomic E-state index is 0.150. The number of aromatic amines is 1. The Kier molecular flexibility index (Phi) is 4.44. The summed E-state index contributed by atoms with van der Waals surface area (Å²) < 4.78 is 11.7. The number of nitriles is 1. The Morgan fingerprint density at radius 2 is 1.56 bits per heavy atom. The van der Waals surface area contributed by atoms with Crippen LogP contribution in [0.2, 0.25) is 0 Å². The lowest BCUT2D eigenvalue weighted by Crippen LogP contribution is -2.16. The average Bonchev–Trinajstić information content (AvgIpc) is 2.97. The number of hydrogen-bond donors (Lipinski definition) is 2. The van der Waals surface area contributed by atoms with Crippen molar-refractivity contribution in [1.29, 1.82) is 5.26 Å². The Morgan fingerprint density at radius 3 is 2.08 bits per heavy atom. The van der Waals surface area contributed by atoms with Crippen LogP contribution in [0.4, 0.5) is 11.5 Å². The highest BCUT2D eigenvalue weighted by Crippen LogP contribution is 2.24. The normalized spacial score (nSPS) is 10.1. The van der Waals surface area contributed by atoms with Crippen LogP contribution in [0.5, 0.6) is 11.5 Å². The number of H-pyrrole nitrogens is 1. The van der Waals surface area contributed by atoms with E-state index < -0.39 is 5.69 Å². The molecule has 0 radical (unpaired) electrons. The molecule has 2 aromatic carbocycles. The quantitative estimate of drug-likeness (QED) is 0.747. The third kappa shape index (κ3) is 3.19. The molecule has 1 heterocycles. The van der Waals surface area contributed by atoms with Gasteiger partial charge < -0.3 is 14.8 Å². The highest BCUT2D eigenvalue weighted by Gasteiger charge is 2.16. The molecule has 0 bridgehead atoms. The molecule has 0 aliphatic carbocycles. The number of ether oxygens (including phenoxy) is 2. The van der Waals surface area contributed by atoms with E-state index >= 15 is 0 Å². The molecule has 0 aliphatic rings. The van der Waals surface area contributed by atoms with E-state index in [1.807, 2.05) is 6.07 Å². The molecule has 25 heavy (non-hydrogen) atoms. The molecule has 0 spiro atoms. The van der Waals surface area contributed by atoms with Gasteiger partial charge in [0.1, 0.15) is 17.6 Å². The molecule has 3 rings (SSSR count). The van der Waals surface area contributed by atoms with Gasteiger partial charge in [0, 0.05) is 5.69 Å². The second-order valence-corrected chi connectivity index (χ2v) is 5.15. The lowest BCUT2D eigenvalue weighted by Gasteiger charge is -2.11. The number of benzene rings is 2. The fourth-order valence-electron chi connectivity index (χ4n) is 2.42. The highest BCUT2D eigenvalue weighted by atomic mass is 16.5. The van der Waals surface area contributed by atoms with E-state index in [0.29, 0.717) is 23.0 Å². The van der Waals surface area contributed by atoms with Gasteiger partial charge in [-0.15, -0.1) is 0 Å². The van der Waals surface area contributed by atoms with E-state index in [-0.39, 0.29) is 5.69 Å². The van der Waals surface area contributed by atoms with Gasteiger partial charge >= 0.3 is 5.69 Å². The molecule has 0 unspecified atom stereocenters. The highest BCUT2D eigenvalue weighted by molar-refractivity contribution is 5.64. The Balaban J connectivity index is 2.05. The molecule has 0 fully saturated rings. The van der Waals surface area contributed by atoms with Gasteiger partial charge in [0.2, 0.25) is 0 Å². The summed E-state index contributed by atoms with van der Waals surface area (Å²) in [6, 6.07) is 16.2. The number of anilines is 2. The van der Waals surface area contributed by atoms with Gasteiger partial charge in [-0.1, -0.05) is 0 Å². The van der Waals surface area contributed by atoms with Crippen LogP contribution < -0.4 is 20.5 Å². The molecule has 0 saturated heterocycles. The maximum atomic E-state index is 12.3. The summed E-state index contributed by atoms with van der Waals surface area (Å²) >= 11 is 0. The third-order valence-electron chi connectivity index (χ3n) is 3.69. The lowest BCUT2D eigenvalue weighted by molar-refractivity contribution is 0.414. The van der Waals surface area contributed by atoms with Crippen molar-refractivity contribution in [3.8, 4) is 23.3 Å². The van der Waals surface area contributed by atoms with Gasteiger partial charge in [-0.2, -0.15) is 5.26 Å². The predicted molar refractivity (Wildman–Crippen MR) is 93.9 cm³/mol. The number of hydrogen-bond acceptors (Lipinski definition) is 5. The first-order chi connectivity index (χ1) is 12.2. The van der Waals surface area contributed by atoms with Crippen molar-refractivity contribution in [3.63, 3.8) is 0 Å². The zero-order valence-corrected chi connectivity index (χ0v) is 13.7. The minimum atomic E-state index is -0.405. The fraction of sp³-hybridized carbons (Fsp3) is 0.111. The van der Waals surface area contributed by atoms with E-state index in [0.717, 1.165) is 5.69 Å². The van der Waals surface area contributed by atoms with Gasteiger partial charge in [0.05, 0.1) is 19.9 Å². The van der Waals surface area contributed by atoms with Crippen molar-refractivity contribution in [1.82, 2.24) is 9.55 Å². The summed E-state index contributed by atoms with van der Waals surface area (Å²) in [6.07, 6.45) is 0. The molecule has 0 atom stereocenters. The van der Waals surface area contributed by atoms with Crippen molar-refractivity contribution in [3.05, 3.63) is 64.7 Å². The monoisotopic (exact) mass is 336 g/mol. The molecular weight excluding hydrogens is 320 g/mol. The molecule has 0 amide bonds. The van der Waals surface area contributed by atoms with Gasteiger partial charge in [-0.05, 0) is 48.5 Å². The van der Waals surface area contributed by atoms with Gasteiger partial charge in [-0.25, -0.2) is 9.36 Å². The predicted octanol–water partition coefficient (Wildman–Crippen LogP) is 2.80. The van der Waals surface area contributed by atoms with Crippen LogP contribution in [0.15, 0.2) is 53.3 Å². The Labute approximate surface area is 144 Å². The van der Waals surface area contributed by atoms with Crippen LogP contribution >= 0.6 is 0 Å². The van der Waals surface area contributed by atoms with Crippen LogP contribution in [-0.4, -0.2) is 23.8 Å². The Hall–Kier alpha value is -3.66. The maximum Gasteiger partial charge on any atom is 0.332 e. The van der Waals surface area contributed by atoms with Gasteiger partial charge in [0.25, 0.3) is 0 Å². The molecular formula is C18H16N4O3. The number of methoxy groups -OCH3 is 2. The smallest absolute Gasteiger partial charge is 0.332 e. The Morgan fingerprint density at radius 1 is 1.00 bits per heavy atom. The minimum Gasteiger partial charge on any atom is -0.497 e. The largest absolute Gasteiger partial charge is 0.497 e. The van der Waals surface area contributed by atoms with Crippen molar-refractivity contribution in [2.45, 2.75) is 0 Å². The summed E-state index contributed by atoms with van der Waals surface area (Å²) in [5, 5.41) is 12.4. The standard InChI is InChI=1S/C18H16N4O3/c1-24-14-7-3-12(4-8-14)20-17-16(11-19)21-18(23)22(17)13-5-9-15(25-2)10-6-13/h3-10,20H,1-2H3,(H,21,23). The summed E-state index contributed by atoms with van der Waals surface area (Å²) in [7, 11) is 3.16. The summed E-state index contributed by atoms with van der Waals surface area (Å²) in [6.45, 7) is 0. The van der Waals surface area contributed by atoms with E-state index in [2.05, 4.69) is 10.3 Å². The second kappa shape index (κ2) is 6.84. The summed E-state index contributed by atoms with van der Waals surface area (Å²) in [5.74, 6) is 1.76. The van der Waals surface area contributed by atoms with Crippen molar-refractivity contribution in [2.75, 3.05) is 19.5 Å². The first kappa shape index (κ1) is 16.2. The van der Waals surface area contributed by atoms with E-state index in [4.69, 9.17) is 9.47 Å². The molecule has 7 nitrogen and oxygen atoms in total. The molecule has 3 aromatic rings. The van der Waals surface area contributed by atoms with Crippen molar-refractivity contribution >= 4 is 11.5 Å². The zero-order valence-electron chi connectivity index (χ0n) is 13.7. The number of rotatable bonds is 5. The second-order valence-electron chi connectivity index (χ2n) is 5.15. The Bertz CT molecular complexity index is 964. The third-order valence-corrected chi connectivity index (χ3v) is 3.69. The van der Waals surface area contributed by atoms with E-state index in [1.54, 1.807) is 62.8 Å². The number of nitrogens with zero attached hydrogens (tertiary/aromatic N) is 2. The molecule has 7 heteroatoms. The fourth-order valence-corrected chi connectivity index (χ4v) is 2.42. The lowest BCUT2D eigenvalue weighted by atomic mass is 10.2. The molecule has 126 valence electrons. The van der Waals surface area contributed by atoms with Crippen LogP contribution in [0.3, 0.4) is 0 Å². The van der Waals surface area contributed by atoms with Crippen molar-refractivity contribution in [2.24, 2.45) is 0 Å². The number of aromatic nitrogens is 2. The number of imidazole rings is 1. The number of nitrogens with one attached hydrogen (secondary N) is 2. The SMILES string of the molecule is COc1ccc(Nc2c(C#N)[nH]c(=O)n2-c2ccc(OC)cc2)cc1. The van der Waals surface area contributed by atoms with Crippen LogP contribution in [0.25, 0.3) is 5.69 Å². The van der Waals surface area contributed by atoms with Gasteiger partial charge in [0.15, 0.2) is 11.5 Å². The van der Waals surface area contributed by atoms with E-state index in [9.17, 15) is 10.1 Å². The van der Waals surface area contributed by atoms with Crippen LogP contribution in [0.1, 0.15) is 5.69 Å². The van der Waals surface area contributed by atoms with Gasteiger partial charge in [-0.3, -0.25) is 4.98 Å².